The van der Waals surface area contributed by atoms with Crippen molar-refractivity contribution in [1.29, 1.82) is 0 Å². The smallest absolute Gasteiger partial charge is 0.276 e. The molecule has 2 rings (SSSR count). The second-order valence-electron chi connectivity index (χ2n) is 6.28. The van der Waals surface area contributed by atoms with Gasteiger partial charge < -0.3 is 4.74 Å². The number of amides is 2. The summed E-state index contributed by atoms with van der Waals surface area (Å²) in [7, 11) is 0. The van der Waals surface area contributed by atoms with Gasteiger partial charge in [0.2, 0.25) is 5.91 Å². The first-order valence-electron chi connectivity index (χ1n) is 8.84. The molecule has 0 atom stereocenters. The second-order valence-corrected chi connectivity index (χ2v) is 6.28. The first-order valence-corrected chi connectivity index (χ1v) is 8.84. The van der Waals surface area contributed by atoms with E-state index in [1.54, 1.807) is 0 Å². The van der Waals surface area contributed by atoms with Gasteiger partial charge in [0.15, 0.2) is 6.61 Å². The highest BCUT2D eigenvalue weighted by atomic mass is 16.5. The SMILES string of the molecule is CCc1ccc(CCC(=O)NNC(=O)COc2c(C)cccc2C)cc1. The summed E-state index contributed by atoms with van der Waals surface area (Å²) in [5.41, 5.74) is 9.11. The standard InChI is InChI=1S/C21H26N2O3/c1-4-17-8-10-18(11-9-17)12-13-19(24)22-23-20(25)14-26-21-15(2)6-5-7-16(21)3/h5-11H,4,12-14H2,1-3H3,(H,22,24)(H,23,25). The van der Waals surface area contributed by atoms with Gasteiger partial charge in [-0.05, 0) is 48.9 Å². The Bertz CT molecular complexity index is 734. The predicted molar refractivity (Wildman–Crippen MR) is 102 cm³/mol. The van der Waals surface area contributed by atoms with E-state index in [0.29, 0.717) is 18.6 Å². The zero-order valence-electron chi connectivity index (χ0n) is 15.6. The van der Waals surface area contributed by atoms with Crippen LogP contribution in [0, 0.1) is 13.8 Å². The lowest BCUT2D eigenvalue weighted by atomic mass is 10.1. The van der Waals surface area contributed by atoms with Crippen LogP contribution in [0.4, 0.5) is 0 Å². The van der Waals surface area contributed by atoms with Crippen LogP contribution in [-0.4, -0.2) is 18.4 Å². The van der Waals surface area contributed by atoms with Crippen molar-refractivity contribution in [3.8, 4) is 5.75 Å². The van der Waals surface area contributed by atoms with Gasteiger partial charge in [-0.1, -0.05) is 49.4 Å². The fourth-order valence-electron chi connectivity index (χ4n) is 2.60. The lowest BCUT2D eigenvalue weighted by Crippen LogP contribution is -2.43. The Balaban J connectivity index is 1.70. The molecule has 0 heterocycles. The van der Waals surface area contributed by atoms with E-state index in [2.05, 4.69) is 29.9 Å². The van der Waals surface area contributed by atoms with Gasteiger partial charge in [-0.25, -0.2) is 0 Å². The average Bonchev–Trinajstić information content (AvgIpc) is 2.64. The molecule has 0 saturated carbocycles. The van der Waals surface area contributed by atoms with Crippen molar-refractivity contribution in [2.24, 2.45) is 0 Å². The molecule has 0 aromatic heterocycles. The number of nitrogens with one attached hydrogen (secondary N) is 2. The van der Waals surface area contributed by atoms with E-state index >= 15 is 0 Å². The van der Waals surface area contributed by atoms with Crippen molar-refractivity contribution >= 4 is 11.8 Å². The quantitative estimate of drug-likeness (QED) is 0.751. The summed E-state index contributed by atoms with van der Waals surface area (Å²) in [6, 6.07) is 14.0. The third-order valence-corrected chi connectivity index (χ3v) is 4.17. The van der Waals surface area contributed by atoms with Crippen molar-refractivity contribution in [2.75, 3.05) is 6.61 Å². The molecule has 0 spiro atoms. The number of para-hydroxylation sites is 1. The molecule has 0 aliphatic carbocycles. The third kappa shape index (κ3) is 5.92. The minimum atomic E-state index is -0.395. The van der Waals surface area contributed by atoms with Crippen molar-refractivity contribution in [2.45, 2.75) is 40.0 Å². The fourth-order valence-corrected chi connectivity index (χ4v) is 2.60. The Kier molecular flexibility index (Phi) is 7.21. The molecule has 5 heteroatoms. The Morgan fingerprint density at radius 3 is 2.08 bits per heavy atom. The monoisotopic (exact) mass is 354 g/mol. The van der Waals surface area contributed by atoms with Gasteiger partial charge in [-0.3, -0.25) is 20.4 Å². The maximum atomic E-state index is 11.9. The van der Waals surface area contributed by atoms with E-state index in [-0.39, 0.29) is 12.5 Å². The number of hydrogen-bond acceptors (Lipinski definition) is 3. The van der Waals surface area contributed by atoms with Crippen molar-refractivity contribution in [3.63, 3.8) is 0 Å². The van der Waals surface area contributed by atoms with Gasteiger partial charge in [0.1, 0.15) is 5.75 Å². The lowest BCUT2D eigenvalue weighted by molar-refractivity contribution is -0.130. The highest BCUT2D eigenvalue weighted by molar-refractivity contribution is 5.82. The number of rotatable bonds is 7. The molecule has 0 fully saturated rings. The molecule has 26 heavy (non-hydrogen) atoms. The van der Waals surface area contributed by atoms with Crippen LogP contribution in [0.15, 0.2) is 42.5 Å². The van der Waals surface area contributed by atoms with E-state index in [1.165, 1.54) is 5.56 Å². The number of carbonyl (C=O) groups excluding carboxylic acids is 2. The lowest BCUT2D eigenvalue weighted by Gasteiger charge is -2.12. The van der Waals surface area contributed by atoms with Crippen molar-refractivity contribution in [1.82, 2.24) is 10.9 Å². The summed E-state index contributed by atoms with van der Waals surface area (Å²) in [6.45, 7) is 5.81. The van der Waals surface area contributed by atoms with E-state index in [9.17, 15) is 9.59 Å². The van der Waals surface area contributed by atoms with Crippen LogP contribution < -0.4 is 15.6 Å². The second kappa shape index (κ2) is 9.61. The number of carbonyl (C=O) groups is 2. The Hall–Kier alpha value is -2.82. The molecule has 2 aromatic rings. The molecular formula is C21H26N2O3. The first kappa shape index (κ1) is 19.5. The van der Waals surface area contributed by atoms with Gasteiger partial charge in [0.05, 0.1) is 0 Å². The Labute approximate surface area is 154 Å². The summed E-state index contributed by atoms with van der Waals surface area (Å²) in [5, 5.41) is 0. The largest absolute Gasteiger partial charge is 0.483 e. The van der Waals surface area contributed by atoms with E-state index in [1.807, 2.05) is 44.2 Å². The normalized spacial score (nSPS) is 10.3. The molecule has 0 saturated heterocycles. The van der Waals surface area contributed by atoms with E-state index in [4.69, 9.17) is 4.74 Å². The molecule has 2 amide bonds. The summed E-state index contributed by atoms with van der Waals surface area (Å²) in [6.07, 6.45) is 1.94. The topological polar surface area (TPSA) is 67.4 Å². The molecule has 0 bridgehead atoms. The van der Waals surface area contributed by atoms with Crippen LogP contribution in [-0.2, 0) is 22.4 Å². The number of hydrazine groups is 1. The summed E-state index contributed by atoms with van der Waals surface area (Å²) in [4.78, 5) is 23.7. The predicted octanol–water partition coefficient (Wildman–Crippen LogP) is 3.02. The minimum Gasteiger partial charge on any atom is -0.483 e. The Morgan fingerprint density at radius 1 is 0.885 bits per heavy atom. The number of ether oxygens (including phenoxy) is 1. The van der Waals surface area contributed by atoms with Gasteiger partial charge in [0, 0.05) is 6.42 Å². The van der Waals surface area contributed by atoms with Crippen LogP contribution in [0.2, 0.25) is 0 Å². The molecule has 138 valence electrons. The van der Waals surface area contributed by atoms with Crippen LogP contribution in [0.1, 0.15) is 35.6 Å². The highest BCUT2D eigenvalue weighted by Crippen LogP contribution is 2.21. The first-order chi connectivity index (χ1) is 12.5. The molecule has 2 N–H and O–H groups in total. The molecular weight excluding hydrogens is 328 g/mol. The van der Waals surface area contributed by atoms with Crippen LogP contribution in [0.5, 0.6) is 5.75 Å². The highest BCUT2D eigenvalue weighted by Gasteiger charge is 2.08. The molecule has 5 nitrogen and oxygen atoms in total. The van der Waals surface area contributed by atoms with E-state index < -0.39 is 5.91 Å². The number of hydrogen-bond donors (Lipinski definition) is 2. The average molecular weight is 354 g/mol. The van der Waals surface area contributed by atoms with Gasteiger partial charge in [-0.15, -0.1) is 0 Å². The van der Waals surface area contributed by atoms with Crippen LogP contribution in [0.3, 0.4) is 0 Å². The summed E-state index contributed by atoms with van der Waals surface area (Å²) < 4.78 is 5.55. The number of benzene rings is 2. The summed E-state index contributed by atoms with van der Waals surface area (Å²) in [5.74, 6) is 0.0720. The zero-order valence-corrected chi connectivity index (χ0v) is 15.6. The molecule has 0 radical (unpaired) electrons. The Morgan fingerprint density at radius 2 is 1.46 bits per heavy atom. The van der Waals surface area contributed by atoms with Crippen LogP contribution in [0.25, 0.3) is 0 Å². The molecule has 0 aliphatic heterocycles. The van der Waals surface area contributed by atoms with Gasteiger partial charge in [0.25, 0.3) is 5.91 Å². The number of aryl methyl sites for hydroxylation is 4. The zero-order chi connectivity index (χ0) is 18.9. The van der Waals surface area contributed by atoms with Crippen molar-refractivity contribution < 1.29 is 14.3 Å². The summed E-state index contributed by atoms with van der Waals surface area (Å²) >= 11 is 0. The molecule has 0 unspecified atom stereocenters. The molecule has 2 aromatic carbocycles. The van der Waals surface area contributed by atoms with Gasteiger partial charge in [-0.2, -0.15) is 0 Å². The molecule has 0 aliphatic rings. The van der Waals surface area contributed by atoms with E-state index in [0.717, 1.165) is 23.1 Å². The fraction of sp³-hybridized carbons (Fsp3) is 0.333. The van der Waals surface area contributed by atoms with Crippen molar-refractivity contribution in [3.05, 3.63) is 64.7 Å². The maximum Gasteiger partial charge on any atom is 0.276 e. The maximum absolute atomic E-state index is 11.9. The van der Waals surface area contributed by atoms with Crippen LogP contribution >= 0.6 is 0 Å². The minimum absolute atomic E-state index is 0.148. The van der Waals surface area contributed by atoms with Gasteiger partial charge >= 0.3 is 0 Å². The third-order valence-electron chi connectivity index (χ3n) is 4.17.